The van der Waals surface area contributed by atoms with Gasteiger partial charge in [-0.2, -0.15) is 0 Å². The maximum absolute atomic E-state index is 12.5. The van der Waals surface area contributed by atoms with Crippen LogP contribution in [0.15, 0.2) is 55.2 Å². The van der Waals surface area contributed by atoms with E-state index >= 15 is 0 Å². The second-order valence-electron chi connectivity index (χ2n) is 6.19. The highest BCUT2D eigenvalue weighted by atomic mass is 32.1. The number of amides is 1. The summed E-state index contributed by atoms with van der Waals surface area (Å²) in [4.78, 5) is 30.7. The van der Waals surface area contributed by atoms with Gasteiger partial charge in [0, 0.05) is 22.8 Å². The van der Waals surface area contributed by atoms with Crippen LogP contribution in [-0.4, -0.2) is 37.5 Å². The Hall–Kier alpha value is -3.59. The Labute approximate surface area is 171 Å². The summed E-state index contributed by atoms with van der Waals surface area (Å²) < 4.78 is 7.00. The van der Waals surface area contributed by atoms with Gasteiger partial charge in [0.05, 0.1) is 25.5 Å². The molecule has 4 rings (SSSR count). The normalized spacial score (nSPS) is 10.7. The molecule has 1 N–H and O–H groups in total. The first-order chi connectivity index (χ1) is 14.1. The van der Waals surface area contributed by atoms with E-state index in [0.29, 0.717) is 12.4 Å². The number of benzene rings is 1. The average molecular weight is 406 g/mol. The second kappa shape index (κ2) is 8.19. The van der Waals surface area contributed by atoms with Crippen LogP contribution in [0.5, 0.6) is 5.88 Å². The zero-order valence-corrected chi connectivity index (χ0v) is 16.7. The van der Waals surface area contributed by atoms with Crippen LogP contribution in [-0.2, 0) is 6.54 Å². The molecule has 146 valence electrons. The van der Waals surface area contributed by atoms with Crippen molar-refractivity contribution in [3.63, 3.8) is 0 Å². The molecule has 0 saturated carbocycles. The third-order valence-electron chi connectivity index (χ3n) is 4.10. The number of hydrogen-bond acceptors (Lipinski definition) is 7. The molecule has 0 aliphatic carbocycles. The smallest absolute Gasteiger partial charge is 0.271 e. The van der Waals surface area contributed by atoms with E-state index in [4.69, 9.17) is 4.74 Å². The predicted octanol–water partition coefficient (Wildman–Crippen LogP) is 3.03. The summed E-state index contributed by atoms with van der Waals surface area (Å²) in [7, 11) is 1.49. The summed E-state index contributed by atoms with van der Waals surface area (Å²) in [6.45, 7) is 2.23. The van der Waals surface area contributed by atoms with Crippen LogP contribution >= 0.6 is 11.3 Å². The maximum Gasteiger partial charge on any atom is 0.271 e. The highest BCUT2D eigenvalue weighted by Crippen LogP contribution is 2.24. The third-order valence-corrected chi connectivity index (χ3v) is 5.15. The molecular formula is C20H18N6O2S. The zero-order valence-electron chi connectivity index (χ0n) is 15.9. The van der Waals surface area contributed by atoms with E-state index < -0.39 is 0 Å². The number of thiazole rings is 1. The highest BCUT2D eigenvalue weighted by Gasteiger charge is 2.15. The van der Waals surface area contributed by atoms with Crippen molar-refractivity contribution in [2.75, 3.05) is 7.11 Å². The van der Waals surface area contributed by atoms with Gasteiger partial charge in [0.1, 0.15) is 11.3 Å². The summed E-state index contributed by atoms with van der Waals surface area (Å²) in [5.41, 5.74) is 2.07. The fraction of sp³-hybridized carbons (Fsp3) is 0.150. The Morgan fingerprint density at radius 1 is 1.17 bits per heavy atom. The maximum atomic E-state index is 12.5. The second-order valence-corrected chi connectivity index (χ2v) is 7.31. The Morgan fingerprint density at radius 3 is 2.72 bits per heavy atom. The molecule has 3 aromatic heterocycles. The van der Waals surface area contributed by atoms with Gasteiger partial charge in [-0.15, -0.1) is 11.3 Å². The van der Waals surface area contributed by atoms with Crippen molar-refractivity contribution in [2.45, 2.75) is 13.5 Å². The van der Waals surface area contributed by atoms with Gasteiger partial charge in [-0.3, -0.25) is 9.36 Å². The molecule has 0 saturated heterocycles. The van der Waals surface area contributed by atoms with E-state index in [1.54, 1.807) is 23.3 Å². The third kappa shape index (κ3) is 4.14. The van der Waals surface area contributed by atoms with Gasteiger partial charge in [0.2, 0.25) is 5.82 Å². The van der Waals surface area contributed by atoms with Crippen LogP contribution in [0.25, 0.3) is 16.4 Å². The number of nitrogens with zero attached hydrogens (tertiary/aromatic N) is 5. The lowest BCUT2D eigenvalue weighted by Gasteiger charge is -2.09. The minimum atomic E-state index is -0.334. The Balaban J connectivity index is 1.45. The van der Waals surface area contributed by atoms with Crippen LogP contribution in [0, 0.1) is 6.92 Å². The molecule has 1 aromatic carbocycles. The number of methoxy groups -OCH3 is 1. The lowest BCUT2D eigenvalue weighted by atomic mass is 10.2. The number of aromatic nitrogens is 5. The number of rotatable bonds is 6. The molecule has 0 bridgehead atoms. The number of carbonyl (C=O) groups excluding carboxylic acids is 1. The first kappa shape index (κ1) is 18.8. The van der Waals surface area contributed by atoms with Crippen LogP contribution in [0.4, 0.5) is 0 Å². The quantitative estimate of drug-likeness (QED) is 0.529. The fourth-order valence-corrected chi connectivity index (χ4v) is 3.55. The largest absolute Gasteiger partial charge is 0.478 e. The molecule has 1 amide bonds. The molecule has 0 aliphatic heterocycles. The van der Waals surface area contributed by atoms with Crippen LogP contribution in [0.2, 0.25) is 0 Å². The number of imidazole rings is 1. The summed E-state index contributed by atoms with van der Waals surface area (Å²) in [6, 6.07) is 9.92. The van der Waals surface area contributed by atoms with Gasteiger partial charge in [-0.05, 0) is 6.92 Å². The molecule has 8 nitrogen and oxygen atoms in total. The molecular weight excluding hydrogens is 388 g/mol. The van der Waals surface area contributed by atoms with Crippen LogP contribution in [0.1, 0.15) is 21.1 Å². The van der Waals surface area contributed by atoms with E-state index in [0.717, 1.165) is 21.1 Å². The van der Waals surface area contributed by atoms with Crippen molar-refractivity contribution in [3.8, 4) is 22.3 Å². The SMILES string of the molecule is COc1nc(C(=O)NCc2cnc(-c3ccccc3)s2)cnc1-n1cnc(C)c1. The average Bonchev–Trinajstić information content (AvgIpc) is 3.41. The number of nitrogens with one attached hydrogen (secondary N) is 1. The van der Waals surface area contributed by atoms with E-state index in [9.17, 15) is 4.79 Å². The Kier molecular flexibility index (Phi) is 5.30. The molecule has 9 heteroatoms. The molecule has 0 aliphatic rings. The van der Waals surface area contributed by atoms with E-state index in [2.05, 4.69) is 25.3 Å². The predicted molar refractivity (Wildman–Crippen MR) is 109 cm³/mol. The van der Waals surface area contributed by atoms with E-state index in [-0.39, 0.29) is 17.5 Å². The van der Waals surface area contributed by atoms with Gasteiger partial charge in [0.15, 0.2) is 5.69 Å². The number of ether oxygens (including phenoxy) is 1. The Bertz CT molecular complexity index is 1140. The van der Waals surface area contributed by atoms with Crippen LogP contribution in [0.3, 0.4) is 0 Å². The van der Waals surface area contributed by atoms with Gasteiger partial charge in [-0.25, -0.2) is 19.9 Å². The summed E-state index contributed by atoms with van der Waals surface area (Å²) in [5.74, 6) is 0.387. The molecule has 0 atom stereocenters. The number of aryl methyl sites for hydroxylation is 1. The van der Waals surface area contributed by atoms with Crippen LogP contribution < -0.4 is 10.1 Å². The van der Waals surface area contributed by atoms with Gasteiger partial charge < -0.3 is 10.1 Å². The van der Waals surface area contributed by atoms with Crippen molar-refractivity contribution in [3.05, 3.63) is 71.5 Å². The van der Waals surface area contributed by atoms with E-state index in [1.165, 1.54) is 24.6 Å². The van der Waals surface area contributed by atoms with Gasteiger partial charge in [-0.1, -0.05) is 30.3 Å². The standard InChI is InChI=1S/C20H18N6O2S/c1-13-11-26(12-24-13)17-19(28-2)25-16(10-21-17)18(27)22-8-15-9-23-20(29-15)14-6-4-3-5-7-14/h3-7,9-12H,8H2,1-2H3,(H,22,27). The minimum Gasteiger partial charge on any atom is -0.478 e. The highest BCUT2D eigenvalue weighted by molar-refractivity contribution is 7.15. The summed E-state index contributed by atoms with van der Waals surface area (Å²) in [5, 5.41) is 3.76. The number of carbonyl (C=O) groups is 1. The summed E-state index contributed by atoms with van der Waals surface area (Å²) >= 11 is 1.54. The van der Waals surface area contributed by atoms with Crippen molar-refractivity contribution < 1.29 is 9.53 Å². The van der Waals surface area contributed by atoms with Gasteiger partial charge in [0.25, 0.3) is 11.8 Å². The van der Waals surface area contributed by atoms with Gasteiger partial charge >= 0.3 is 0 Å². The van der Waals surface area contributed by atoms with E-state index in [1.807, 2.05) is 37.3 Å². The zero-order chi connectivity index (χ0) is 20.2. The summed E-state index contributed by atoms with van der Waals surface area (Å²) in [6.07, 6.45) is 6.62. The lowest BCUT2D eigenvalue weighted by Crippen LogP contribution is -2.24. The molecule has 0 fully saturated rings. The van der Waals surface area contributed by atoms with Crippen molar-refractivity contribution in [2.24, 2.45) is 0 Å². The molecule has 3 heterocycles. The fourth-order valence-electron chi connectivity index (χ4n) is 2.69. The lowest BCUT2D eigenvalue weighted by molar-refractivity contribution is 0.0945. The molecule has 0 unspecified atom stereocenters. The molecule has 0 spiro atoms. The topological polar surface area (TPSA) is 94.8 Å². The van der Waals surface area contributed by atoms with Crippen molar-refractivity contribution >= 4 is 17.2 Å². The monoisotopic (exact) mass is 406 g/mol. The number of hydrogen-bond donors (Lipinski definition) is 1. The Morgan fingerprint density at radius 2 is 2.00 bits per heavy atom. The first-order valence-electron chi connectivity index (χ1n) is 8.84. The first-order valence-corrected chi connectivity index (χ1v) is 9.66. The molecule has 29 heavy (non-hydrogen) atoms. The minimum absolute atomic E-state index is 0.176. The molecule has 4 aromatic rings. The van der Waals surface area contributed by atoms with Crippen molar-refractivity contribution in [1.82, 2.24) is 29.8 Å². The van der Waals surface area contributed by atoms with Crippen molar-refractivity contribution in [1.29, 1.82) is 0 Å². The molecule has 0 radical (unpaired) electrons.